The zero-order valence-electron chi connectivity index (χ0n) is 28.4. The summed E-state index contributed by atoms with van der Waals surface area (Å²) < 4.78 is 101. The van der Waals surface area contributed by atoms with Crippen LogP contribution in [0.15, 0.2) is 121 Å². The van der Waals surface area contributed by atoms with E-state index in [1.54, 1.807) is 66.7 Å². The lowest BCUT2D eigenvalue weighted by molar-refractivity contribution is -0.0885. The Morgan fingerprint density at radius 1 is 0.482 bits per heavy atom. The van der Waals surface area contributed by atoms with E-state index in [0.29, 0.717) is 43.3 Å². The summed E-state index contributed by atoms with van der Waals surface area (Å²) in [7, 11) is 0. The van der Waals surface area contributed by atoms with E-state index in [1.807, 2.05) is 0 Å². The predicted octanol–water partition coefficient (Wildman–Crippen LogP) is 10.5. The van der Waals surface area contributed by atoms with E-state index in [0.717, 1.165) is 34.6 Å². The van der Waals surface area contributed by atoms with Crippen LogP contribution in [0.2, 0.25) is 0 Å². The molecule has 0 aliphatic heterocycles. The Balaban J connectivity index is 0.000000214. The highest BCUT2D eigenvalue weighted by atomic mass is 32.1. The van der Waals surface area contributed by atoms with Crippen molar-refractivity contribution in [3.8, 4) is 20.9 Å². The SMILES string of the molecule is O=C(NCc1ccc(F)cc1)c1ccc(-c2ccc(C(=O)C(F)(F)F)s2)cc1.O=C(NCc1ccc(F)cc1)c1cccc(-c2ccc(C(=O)C(F)(F)F)s2)c1. The van der Waals surface area contributed by atoms with Gasteiger partial charge in [-0.1, -0.05) is 48.5 Å². The summed E-state index contributed by atoms with van der Waals surface area (Å²) in [6.45, 7) is 0.432. The minimum Gasteiger partial charge on any atom is -0.348 e. The number of hydrogen-bond donors (Lipinski definition) is 2. The maximum atomic E-state index is 12.9. The largest absolute Gasteiger partial charge is 0.455 e. The zero-order valence-corrected chi connectivity index (χ0v) is 30.1. The topological polar surface area (TPSA) is 92.3 Å². The molecule has 0 saturated heterocycles. The van der Waals surface area contributed by atoms with Crippen LogP contribution < -0.4 is 10.6 Å². The number of hydrogen-bond acceptors (Lipinski definition) is 6. The summed E-state index contributed by atoms with van der Waals surface area (Å²) in [5.74, 6) is -5.22. The summed E-state index contributed by atoms with van der Waals surface area (Å²) in [6, 6.07) is 29.2. The van der Waals surface area contributed by atoms with Gasteiger partial charge < -0.3 is 10.6 Å². The molecule has 0 radical (unpaired) electrons. The smallest absolute Gasteiger partial charge is 0.348 e. The number of thiophene rings is 2. The molecule has 0 bridgehead atoms. The van der Waals surface area contributed by atoms with E-state index in [2.05, 4.69) is 10.6 Å². The Bertz CT molecular complexity index is 2330. The predicted molar refractivity (Wildman–Crippen MR) is 195 cm³/mol. The van der Waals surface area contributed by atoms with Crippen molar-refractivity contribution in [2.75, 3.05) is 0 Å². The van der Waals surface area contributed by atoms with Crippen molar-refractivity contribution in [3.05, 3.63) is 165 Å². The molecule has 6 rings (SSSR count). The van der Waals surface area contributed by atoms with E-state index in [9.17, 15) is 54.3 Å². The highest BCUT2D eigenvalue weighted by Crippen LogP contribution is 2.34. The van der Waals surface area contributed by atoms with Gasteiger partial charge in [-0.2, -0.15) is 26.3 Å². The number of nitrogens with one attached hydrogen (secondary N) is 2. The average Bonchev–Trinajstić information content (AvgIpc) is 3.88. The minimum atomic E-state index is -4.93. The lowest BCUT2D eigenvalue weighted by Gasteiger charge is -2.07. The standard InChI is InChI=1S/2C20H13F4NO2S/c21-15-7-1-12(2-8-15)11-25-19(27)14-5-3-13(4-6-14)16-9-10-17(28-16)18(26)20(22,23)24;21-15-6-4-12(5-7-15)11-25-19(27)14-3-1-2-13(10-14)16-8-9-17(28-16)18(26)20(22,23)24/h2*1-10H,11H2,(H,25,27). The number of halogens is 8. The maximum Gasteiger partial charge on any atom is 0.455 e. The second kappa shape index (κ2) is 17.6. The molecule has 0 aliphatic carbocycles. The summed E-state index contributed by atoms with van der Waals surface area (Å²) in [4.78, 5) is 47.3. The molecule has 6 aromatic rings. The number of rotatable bonds is 10. The first-order valence-corrected chi connectivity index (χ1v) is 17.8. The highest BCUT2D eigenvalue weighted by Gasteiger charge is 2.41. The molecular formula is C40H26F8N2O4S2. The molecule has 16 heteroatoms. The fraction of sp³-hybridized carbons (Fsp3) is 0.100. The second-order valence-electron chi connectivity index (χ2n) is 11.8. The van der Waals surface area contributed by atoms with Crippen LogP contribution in [0.3, 0.4) is 0 Å². The van der Waals surface area contributed by atoms with E-state index >= 15 is 0 Å². The Morgan fingerprint density at radius 3 is 1.36 bits per heavy atom. The van der Waals surface area contributed by atoms with Crippen LogP contribution in [-0.4, -0.2) is 35.7 Å². The van der Waals surface area contributed by atoms with Crippen LogP contribution in [0.25, 0.3) is 20.9 Å². The van der Waals surface area contributed by atoms with E-state index in [1.165, 1.54) is 42.5 Å². The molecule has 2 amide bonds. The number of Topliss-reactive ketones (excluding diaryl/α,β-unsaturated/α-hetero) is 2. The molecule has 0 atom stereocenters. The van der Waals surface area contributed by atoms with Gasteiger partial charge in [0.05, 0.1) is 9.75 Å². The molecule has 4 aromatic carbocycles. The van der Waals surface area contributed by atoms with Crippen molar-refractivity contribution in [2.24, 2.45) is 0 Å². The number of amides is 2. The van der Waals surface area contributed by atoms with Crippen molar-refractivity contribution in [2.45, 2.75) is 25.4 Å². The summed E-state index contributed by atoms with van der Waals surface area (Å²) in [6.07, 6.45) is -9.83. The van der Waals surface area contributed by atoms with Gasteiger partial charge in [0, 0.05) is 34.0 Å². The molecule has 0 fully saturated rings. The van der Waals surface area contributed by atoms with Crippen molar-refractivity contribution < 1.29 is 54.3 Å². The van der Waals surface area contributed by atoms with Gasteiger partial charge in [0.1, 0.15) is 11.6 Å². The van der Waals surface area contributed by atoms with Crippen LogP contribution in [-0.2, 0) is 13.1 Å². The van der Waals surface area contributed by atoms with E-state index in [-0.39, 0.29) is 41.4 Å². The number of alkyl halides is 6. The Morgan fingerprint density at radius 2 is 0.911 bits per heavy atom. The van der Waals surface area contributed by atoms with Gasteiger partial charge in [-0.25, -0.2) is 8.78 Å². The molecule has 56 heavy (non-hydrogen) atoms. The summed E-state index contributed by atoms with van der Waals surface area (Å²) in [5, 5.41) is 5.40. The molecule has 2 heterocycles. The van der Waals surface area contributed by atoms with Gasteiger partial charge in [-0.3, -0.25) is 19.2 Å². The van der Waals surface area contributed by atoms with Crippen LogP contribution in [0, 0.1) is 11.6 Å². The number of benzene rings is 4. The highest BCUT2D eigenvalue weighted by molar-refractivity contribution is 7.17. The van der Waals surface area contributed by atoms with Crippen LogP contribution >= 0.6 is 22.7 Å². The molecule has 2 N–H and O–H groups in total. The molecule has 288 valence electrons. The first kappa shape index (κ1) is 41.2. The van der Waals surface area contributed by atoms with E-state index < -0.39 is 28.8 Å². The molecule has 0 aliphatic rings. The second-order valence-corrected chi connectivity index (χ2v) is 13.9. The van der Waals surface area contributed by atoms with Crippen LogP contribution in [0.1, 0.15) is 51.2 Å². The van der Waals surface area contributed by atoms with Crippen molar-refractivity contribution in [1.29, 1.82) is 0 Å². The maximum absolute atomic E-state index is 12.9. The molecule has 0 saturated carbocycles. The van der Waals surface area contributed by atoms with Gasteiger partial charge in [0.2, 0.25) is 0 Å². The van der Waals surface area contributed by atoms with Crippen LogP contribution in [0.5, 0.6) is 0 Å². The number of carbonyl (C=O) groups is 4. The minimum absolute atomic E-state index is 0.201. The third kappa shape index (κ3) is 11.0. The van der Waals surface area contributed by atoms with Crippen LogP contribution in [0.4, 0.5) is 35.1 Å². The fourth-order valence-electron chi connectivity index (χ4n) is 4.88. The van der Waals surface area contributed by atoms with Gasteiger partial charge in [0.25, 0.3) is 23.4 Å². The monoisotopic (exact) mass is 814 g/mol. The van der Waals surface area contributed by atoms with Crippen molar-refractivity contribution >= 4 is 46.1 Å². The Labute approximate surface area is 321 Å². The third-order valence-corrected chi connectivity index (χ3v) is 10.0. The average molecular weight is 815 g/mol. The lowest BCUT2D eigenvalue weighted by Crippen LogP contribution is -2.22. The van der Waals surface area contributed by atoms with Gasteiger partial charge in [-0.15, -0.1) is 22.7 Å². The first-order valence-electron chi connectivity index (χ1n) is 16.2. The molecule has 2 aromatic heterocycles. The number of ketones is 2. The Kier molecular flexibility index (Phi) is 13.0. The summed E-state index contributed by atoms with van der Waals surface area (Å²) in [5.41, 5.74) is 3.28. The number of carbonyl (C=O) groups excluding carboxylic acids is 4. The van der Waals surface area contributed by atoms with Gasteiger partial charge in [0.15, 0.2) is 0 Å². The van der Waals surface area contributed by atoms with Crippen molar-refractivity contribution in [1.82, 2.24) is 10.6 Å². The zero-order chi connectivity index (χ0) is 40.6. The van der Waals surface area contributed by atoms with Gasteiger partial charge in [-0.05, 0) is 95.1 Å². The molecule has 0 spiro atoms. The fourth-order valence-corrected chi connectivity index (χ4v) is 6.82. The lowest BCUT2D eigenvalue weighted by atomic mass is 10.1. The van der Waals surface area contributed by atoms with Crippen molar-refractivity contribution in [3.63, 3.8) is 0 Å². The Hall–Kier alpha value is -6.00. The van der Waals surface area contributed by atoms with E-state index in [4.69, 9.17) is 0 Å². The van der Waals surface area contributed by atoms with Gasteiger partial charge >= 0.3 is 12.4 Å². The molecule has 0 unspecified atom stereocenters. The normalized spacial score (nSPS) is 11.3. The molecule has 6 nitrogen and oxygen atoms in total. The summed E-state index contributed by atoms with van der Waals surface area (Å²) >= 11 is 1.46. The molecular weight excluding hydrogens is 789 g/mol. The quantitative estimate of drug-likeness (QED) is 0.106. The third-order valence-electron chi connectivity index (χ3n) is 7.75. The first-order chi connectivity index (χ1) is 26.5.